The predicted octanol–water partition coefficient (Wildman–Crippen LogP) is 2.03. The molecule has 0 saturated heterocycles. The zero-order chi connectivity index (χ0) is 16.1. The number of nitrogens with one attached hydrogen (secondary N) is 1. The van der Waals surface area contributed by atoms with Crippen molar-refractivity contribution >= 4 is 17.1 Å². The van der Waals surface area contributed by atoms with Gasteiger partial charge < -0.3 is 15.5 Å². The molecule has 0 aromatic heterocycles. The van der Waals surface area contributed by atoms with Crippen molar-refractivity contribution in [3.63, 3.8) is 0 Å². The first-order chi connectivity index (χ1) is 11.1. The fraction of sp³-hybridized carbons (Fsp3) is 0.111. The van der Waals surface area contributed by atoms with Gasteiger partial charge in [0.1, 0.15) is 0 Å². The van der Waals surface area contributed by atoms with Crippen molar-refractivity contribution in [3.8, 4) is 11.5 Å². The van der Waals surface area contributed by atoms with Gasteiger partial charge in [0, 0.05) is 17.7 Å². The lowest BCUT2D eigenvalue weighted by molar-refractivity contribution is 0.0986. The summed E-state index contributed by atoms with van der Waals surface area (Å²) in [6, 6.07) is 9.51. The number of hydrogen-bond donors (Lipinski definition) is 3. The molecule has 1 aliphatic carbocycles. The lowest BCUT2D eigenvalue weighted by Gasteiger charge is -2.21. The minimum absolute atomic E-state index is 0.226. The van der Waals surface area contributed by atoms with Crippen molar-refractivity contribution in [1.82, 2.24) is 5.32 Å². The highest BCUT2D eigenvalue weighted by atomic mass is 16.3. The van der Waals surface area contributed by atoms with Crippen LogP contribution in [-0.4, -0.2) is 28.3 Å². The maximum absolute atomic E-state index is 12.9. The average molecular weight is 307 g/mol. The Morgan fingerprint density at radius 2 is 1.52 bits per heavy atom. The van der Waals surface area contributed by atoms with Crippen LogP contribution in [0.4, 0.5) is 0 Å². The van der Waals surface area contributed by atoms with E-state index in [2.05, 4.69) is 5.32 Å². The van der Waals surface area contributed by atoms with Crippen molar-refractivity contribution in [2.45, 2.75) is 6.42 Å². The van der Waals surface area contributed by atoms with E-state index < -0.39 is 0 Å². The molecule has 114 valence electrons. The first-order valence-corrected chi connectivity index (χ1v) is 7.29. The Morgan fingerprint density at radius 1 is 0.870 bits per heavy atom. The number of carbonyl (C=O) groups excluding carboxylic acids is 2. The van der Waals surface area contributed by atoms with Crippen molar-refractivity contribution in [1.29, 1.82) is 0 Å². The molecule has 5 nitrogen and oxygen atoms in total. The molecule has 1 heterocycles. The maximum Gasteiger partial charge on any atom is 0.210 e. The summed E-state index contributed by atoms with van der Waals surface area (Å²) in [5, 5.41) is 22.6. The zero-order valence-electron chi connectivity index (χ0n) is 12.1. The van der Waals surface area contributed by atoms with Gasteiger partial charge in [-0.1, -0.05) is 24.3 Å². The van der Waals surface area contributed by atoms with Gasteiger partial charge in [0.25, 0.3) is 0 Å². The summed E-state index contributed by atoms with van der Waals surface area (Å²) in [5.41, 5.74) is 2.48. The molecule has 0 radical (unpaired) electrons. The molecular weight excluding hydrogens is 294 g/mol. The van der Waals surface area contributed by atoms with E-state index in [4.69, 9.17) is 0 Å². The fourth-order valence-corrected chi connectivity index (χ4v) is 3.18. The highest BCUT2D eigenvalue weighted by Gasteiger charge is 2.35. The number of aromatic hydroxyl groups is 2. The number of rotatable bonds is 0. The second-order valence-corrected chi connectivity index (χ2v) is 5.63. The number of hydrogen-bond acceptors (Lipinski definition) is 5. The van der Waals surface area contributed by atoms with Crippen LogP contribution in [0.3, 0.4) is 0 Å². The lowest BCUT2D eigenvalue weighted by atomic mass is 9.83. The summed E-state index contributed by atoms with van der Waals surface area (Å²) in [4.78, 5) is 25.6. The van der Waals surface area contributed by atoms with Crippen LogP contribution in [0.25, 0.3) is 5.57 Å². The Kier molecular flexibility index (Phi) is 2.78. The second-order valence-electron chi connectivity index (χ2n) is 5.63. The molecule has 0 saturated carbocycles. The third kappa shape index (κ3) is 1.86. The van der Waals surface area contributed by atoms with E-state index in [1.165, 1.54) is 12.1 Å². The summed E-state index contributed by atoms with van der Waals surface area (Å²) in [7, 11) is 0. The third-order valence-corrected chi connectivity index (χ3v) is 4.29. The fourth-order valence-electron chi connectivity index (χ4n) is 3.18. The molecule has 4 rings (SSSR count). The highest BCUT2D eigenvalue weighted by Crippen LogP contribution is 2.38. The molecule has 2 aliphatic rings. The summed E-state index contributed by atoms with van der Waals surface area (Å²) < 4.78 is 0. The molecule has 0 spiro atoms. The van der Waals surface area contributed by atoms with Crippen molar-refractivity contribution in [2.75, 3.05) is 6.54 Å². The molecular formula is C18H13NO4. The van der Waals surface area contributed by atoms with Crippen LogP contribution in [0.5, 0.6) is 11.5 Å². The van der Waals surface area contributed by atoms with Crippen LogP contribution < -0.4 is 5.32 Å². The van der Waals surface area contributed by atoms with Gasteiger partial charge in [0.15, 0.2) is 17.3 Å². The predicted molar refractivity (Wildman–Crippen MR) is 83.5 cm³/mol. The van der Waals surface area contributed by atoms with Crippen LogP contribution in [-0.2, 0) is 6.42 Å². The van der Waals surface area contributed by atoms with Crippen LogP contribution in [0, 0.1) is 0 Å². The number of phenols is 2. The molecule has 3 N–H and O–H groups in total. The van der Waals surface area contributed by atoms with Crippen LogP contribution in [0.1, 0.15) is 31.8 Å². The number of ketones is 2. The lowest BCUT2D eigenvalue weighted by Crippen LogP contribution is -2.29. The first-order valence-electron chi connectivity index (χ1n) is 7.29. The molecule has 0 unspecified atom stereocenters. The van der Waals surface area contributed by atoms with Crippen LogP contribution in [0.2, 0.25) is 0 Å². The summed E-state index contributed by atoms with van der Waals surface area (Å²) in [6.45, 7) is 0.469. The summed E-state index contributed by atoms with van der Waals surface area (Å²) >= 11 is 0. The Labute approximate surface area is 131 Å². The molecule has 1 aliphatic heterocycles. The second kappa shape index (κ2) is 4.71. The molecule has 5 heteroatoms. The minimum Gasteiger partial charge on any atom is -0.504 e. The number of benzene rings is 2. The Hall–Kier alpha value is -3.08. The number of Topliss-reactive ketones (excluding diaryl/α,β-unsaturated/α-hetero) is 2. The van der Waals surface area contributed by atoms with Gasteiger partial charge in [-0.15, -0.1) is 0 Å². The minimum atomic E-state index is -0.309. The van der Waals surface area contributed by atoms with E-state index in [1.807, 2.05) is 0 Å². The average Bonchev–Trinajstić information content (AvgIpc) is 2.73. The molecule has 0 amide bonds. The zero-order valence-corrected chi connectivity index (χ0v) is 12.1. The first kappa shape index (κ1) is 13.6. The molecule has 2 aromatic rings. The monoisotopic (exact) mass is 307 g/mol. The van der Waals surface area contributed by atoms with Crippen molar-refractivity contribution in [2.24, 2.45) is 0 Å². The third-order valence-electron chi connectivity index (χ3n) is 4.29. The van der Waals surface area contributed by atoms with E-state index in [0.717, 1.165) is 5.56 Å². The van der Waals surface area contributed by atoms with Gasteiger partial charge in [0.2, 0.25) is 5.78 Å². The Morgan fingerprint density at radius 3 is 2.26 bits per heavy atom. The largest absolute Gasteiger partial charge is 0.504 e. The van der Waals surface area contributed by atoms with Gasteiger partial charge >= 0.3 is 0 Å². The summed E-state index contributed by atoms with van der Waals surface area (Å²) in [6.07, 6.45) is 0.535. The van der Waals surface area contributed by atoms with Gasteiger partial charge in [-0.25, -0.2) is 0 Å². The maximum atomic E-state index is 12.9. The molecule has 2 aromatic carbocycles. The van der Waals surface area contributed by atoms with E-state index >= 15 is 0 Å². The number of phenolic OH excluding ortho intramolecular Hbond substituents is 2. The van der Waals surface area contributed by atoms with Crippen LogP contribution in [0.15, 0.2) is 42.1 Å². The normalized spacial score (nSPS) is 16.2. The van der Waals surface area contributed by atoms with Crippen molar-refractivity contribution in [3.05, 3.63) is 64.3 Å². The Bertz CT molecular complexity index is 911. The summed E-state index contributed by atoms with van der Waals surface area (Å²) in [5.74, 6) is -1.02. The van der Waals surface area contributed by atoms with Crippen molar-refractivity contribution < 1.29 is 19.8 Å². The number of carbonyl (C=O) groups is 2. The van der Waals surface area contributed by atoms with E-state index in [1.54, 1.807) is 24.3 Å². The van der Waals surface area contributed by atoms with E-state index in [-0.39, 0.29) is 34.3 Å². The van der Waals surface area contributed by atoms with Gasteiger partial charge in [-0.3, -0.25) is 9.59 Å². The van der Waals surface area contributed by atoms with E-state index in [9.17, 15) is 19.8 Å². The smallest absolute Gasteiger partial charge is 0.210 e. The standard InChI is InChI=1S/C18H13NO4/c20-13-7-9-5-6-19-16-15(12(9)8-14(13)21)17(22)10-3-1-2-4-11(10)18(16)23/h1-4,7-8,19-21H,5-6H2. The topological polar surface area (TPSA) is 86.6 Å². The van der Waals surface area contributed by atoms with E-state index in [0.29, 0.717) is 29.7 Å². The highest BCUT2D eigenvalue weighted by molar-refractivity contribution is 6.40. The van der Waals surface area contributed by atoms with Gasteiger partial charge in [-0.2, -0.15) is 0 Å². The van der Waals surface area contributed by atoms with Gasteiger partial charge in [-0.05, 0) is 29.7 Å². The SMILES string of the molecule is O=C1C2=C(C(=O)c3ccccc31)c1cc(O)c(O)cc1CCN2. The number of allylic oxidation sites excluding steroid dienone is 2. The Balaban J connectivity index is 2.02. The molecule has 0 fully saturated rings. The van der Waals surface area contributed by atoms with Crippen LogP contribution >= 0.6 is 0 Å². The van der Waals surface area contributed by atoms with Gasteiger partial charge in [0.05, 0.1) is 11.3 Å². The molecule has 0 atom stereocenters. The molecule has 23 heavy (non-hydrogen) atoms. The quantitative estimate of drug-likeness (QED) is 0.648. The number of fused-ring (bicyclic) bond motifs is 3. The molecule has 0 bridgehead atoms.